The first-order valence-electron chi connectivity index (χ1n) is 10.6. The predicted molar refractivity (Wildman–Crippen MR) is 112 cm³/mol. The molecule has 0 bridgehead atoms. The van der Waals surface area contributed by atoms with Crippen molar-refractivity contribution in [2.24, 2.45) is 5.92 Å². The van der Waals surface area contributed by atoms with Gasteiger partial charge >= 0.3 is 6.18 Å². The molecule has 4 rings (SSSR count). The van der Waals surface area contributed by atoms with Crippen molar-refractivity contribution in [1.29, 1.82) is 0 Å². The Morgan fingerprint density at radius 1 is 1.12 bits per heavy atom. The molecule has 0 aromatic heterocycles. The molecular formula is C24H25F3N2O3. The minimum absolute atomic E-state index is 0.0639. The smallest absolute Gasteiger partial charge is 0.416 e. The fraction of sp³-hybridized carbons (Fsp3) is 0.417. The van der Waals surface area contributed by atoms with Crippen LogP contribution in [0.25, 0.3) is 0 Å². The molecule has 170 valence electrons. The molecule has 2 aliphatic rings. The van der Waals surface area contributed by atoms with Crippen LogP contribution in [0.1, 0.15) is 36.0 Å². The molecule has 1 heterocycles. The quantitative estimate of drug-likeness (QED) is 0.639. The van der Waals surface area contributed by atoms with Crippen LogP contribution in [0.15, 0.2) is 48.5 Å². The van der Waals surface area contributed by atoms with E-state index in [0.29, 0.717) is 12.1 Å². The Balaban J connectivity index is 1.42. The number of rotatable bonds is 7. The summed E-state index contributed by atoms with van der Waals surface area (Å²) in [5, 5.41) is 0. The lowest BCUT2D eigenvalue weighted by atomic mass is 10.1. The number of carbonyl (C=O) groups is 2. The molecule has 2 aromatic rings. The number of likely N-dealkylation sites (tertiary alicyclic amines) is 1. The molecule has 2 aromatic carbocycles. The Bertz CT molecular complexity index is 987. The second-order valence-corrected chi connectivity index (χ2v) is 8.42. The molecule has 1 unspecified atom stereocenters. The van der Waals surface area contributed by atoms with Crippen molar-refractivity contribution in [3.05, 3.63) is 65.2 Å². The third-order valence-corrected chi connectivity index (χ3v) is 5.97. The number of hydrogen-bond acceptors (Lipinski definition) is 3. The Morgan fingerprint density at radius 2 is 1.84 bits per heavy atom. The molecular weight excluding hydrogens is 421 g/mol. The number of amides is 2. The minimum atomic E-state index is -4.43. The van der Waals surface area contributed by atoms with Crippen molar-refractivity contribution >= 4 is 11.8 Å². The monoisotopic (exact) mass is 446 g/mol. The van der Waals surface area contributed by atoms with E-state index in [4.69, 9.17) is 4.74 Å². The van der Waals surface area contributed by atoms with Gasteiger partial charge in [0.2, 0.25) is 11.8 Å². The lowest BCUT2D eigenvalue weighted by Crippen LogP contribution is -2.38. The van der Waals surface area contributed by atoms with Gasteiger partial charge in [0.25, 0.3) is 0 Å². The van der Waals surface area contributed by atoms with E-state index in [-0.39, 0.29) is 37.4 Å². The maximum atomic E-state index is 13.3. The van der Waals surface area contributed by atoms with Crippen LogP contribution < -0.4 is 4.74 Å². The van der Waals surface area contributed by atoms with Crippen molar-refractivity contribution < 1.29 is 27.5 Å². The van der Waals surface area contributed by atoms with Gasteiger partial charge in [-0.25, -0.2) is 0 Å². The highest BCUT2D eigenvalue weighted by molar-refractivity contribution is 5.89. The first-order valence-corrected chi connectivity index (χ1v) is 10.6. The predicted octanol–water partition coefficient (Wildman–Crippen LogP) is 4.25. The zero-order valence-corrected chi connectivity index (χ0v) is 17.8. The lowest BCUT2D eigenvalue weighted by molar-refractivity contribution is -0.138. The first-order chi connectivity index (χ1) is 15.2. The van der Waals surface area contributed by atoms with Crippen molar-refractivity contribution in [3.63, 3.8) is 0 Å². The molecule has 0 spiro atoms. The van der Waals surface area contributed by atoms with Gasteiger partial charge in [-0.2, -0.15) is 13.2 Å². The lowest BCUT2D eigenvalue weighted by Gasteiger charge is -2.26. The van der Waals surface area contributed by atoms with Gasteiger partial charge in [0.15, 0.2) is 0 Å². The van der Waals surface area contributed by atoms with Gasteiger partial charge in [-0.05, 0) is 48.2 Å². The molecule has 2 amide bonds. The molecule has 1 aliphatic heterocycles. The van der Waals surface area contributed by atoms with Gasteiger partial charge < -0.3 is 14.5 Å². The van der Waals surface area contributed by atoms with Gasteiger partial charge in [0.05, 0.1) is 18.6 Å². The number of nitrogens with zero attached hydrogens (tertiary/aromatic N) is 2. The zero-order valence-electron chi connectivity index (χ0n) is 17.8. The molecule has 1 atom stereocenters. The van der Waals surface area contributed by atoms with Crippen LogP contribution in [0.5, 0.6) is 5.75 Å². The molecule has 2 fully saturated rings. The van der Waals surface area contributed by atoms with E-state index in [1.54, 1.807) is 13.2 Å². The van der Waals surface area contributed by atoms with E-state index in [2.05, 4.69) is 0 Å². The number of benzene rings is 2. The summed E-state index contributed by atoms with van der Waals surface area (Å²) in [6, 6.07) is 12.7. The summed E-state index contributed by atoms with van der Waals surface area (Å²) in [4.78, 5) is 29.1. The summed E-state index contributed by atoms with van der Waals surface area (Å²) in [6.07, 6.45) is -2.47. The maximum Gasteiger partial charge on any atom is 0.416 e. The number of ether oxygens (including phenoxy) is 1. The van der Waals surface area contributed by atoms with Crippen molar-refractivity contribution in [2.75, 3.05) is 13.7 Å². The highest BCUT2D eigenvalue weighted by Gasteiger charge is 2.41. The highest BCUT2D eigenvalue weighted by Crippen LogP contribution is 2.33. The van der Waals surface area contributed by atoms with Gasteiger partial charge in [0.1, 0.15) is 5.75 Å². The molecule has 5 nitrogen and oxygen atoms in total. The van der Waals surface area contributed by atoms with Crippen LogP contribution in [0.4, 0.5) is 13.2 Å². The third kappa shape index (κ3) is 5.06. The zero-order chi connectivity index (χ0) is 22.9. The number of hydrogen-bond donors (Lipinski definition) is 0. The summed E-state index contributed by atoms with van der Waals surface area (Å²) in [7, 11) is 1.59. The molecule has 1 saturated heterocycles. The average molecular weight is 446 g/mol. The number of alkyl halides is 3. The van der Waals surface area contributed by atoms with Gasteiger partial charge in [-0.3, -0.25) is 9.59 Å². The summed E-state index contributed by atoms with van der Waals surface area (Å²) >= 11 is 0. The fourth-order valence-electron chi connectivity index (χ4n) is 4.09. The Labute approximate surface area is 184 Å². The van der Waals surface area contributed by atoms with E-state index >= 15 is 0 Å². The van der Waals surface area contributed by atoms with E-state index in [0.717, 1.165) is 36.3 Å². The Hall–Kier alpha value is -3.03. The van der Waals surface area contributed by atoms with Gasteiger partial charge in [-0.15, -0.1) is 0 Å². The van der Waals surface area contributed by atoms with E-state index < -0.39 is 17.7 Å². The second kappa shape index (κ2) is 8.84. The van der Waals surface area contributed by atoms with E-state index in [9.17, 15) is 22.8 Å². The van der Waals surface area contributed by atoms with Crippen molar-refractivity contribution in [2.45, 2.75) is 44.6 Å². The summed E-state index contributed by atoms with van der Waals surface area (Å²) in [6.45, 7) is 0.750. The van der Waals surface area contributed by atoms with Crippen LogP contribution >= 0.6 is 0 Å². The molecule has 32 heavy (non-hydrogen) atoms. The van der Waals surface area contributed by atoms with Crippen LogP contribution in [0.3, 0.4) is 0 Å². The second-order valence-electron chi connectivity index (χ2n) is 8.42. The molecule has 8 heteroatoms. The van der Waals surface area contributed by atoms with Gasteiger partial charge in [-0.1, -0.05) is 24.3 Å². The largest absolute Gasteiger partial charge is 0.497 e. The fourth-order valence-corrected chi connectivity index (χ4v) is 4.09. The third-order valence-electron chi connectivity index (χ3n) is 5.97. The Kier molecular flexibility index (Phi) is 6.13. The SMILES string of the molecule is COc1ccc(CN(C(=O)C2CC(=O)N(Cc3cccc(C(F)(F)F)c3)C2)C2CC2)cc1. The van der Waals surface area contributed by atoms with Gasteiger partial charge in [0, 0.05) is 32.1 Å². The first kappa shape index (κ1) is 22.2. The standard InChI is InChI=1S/C24H25F3N2O3/c1-32-21-9-5-16(6-10-21)14-29(20-7-8-20)23(31)18-12-22(30)28(15-18)13-17-3-2-4-19(11-17)24(25,26)27/h2-6,9-11,18,20H,7-8,12-15H2,1H3. The Morgan fingerprint density at radius 3 is 2.47 bits per heavy atom. The van der Waals surface area contributed by atoms with Crippen LogP contribution in [0, 0.1) is 5.92 Å². The summed E-state index contributed by atoms with van der Waals surface area (Å²) in [5.74, 6) is -0.0130. The normalized spacial score (nSPS) is 18.7. The molecule has 1 saturated carbocycles. The molecule has 0 radical (unpaired) electrons. The number of methoxy groups -OCH3 is 1. The topological polar surface area (TPSA) is 49.9 Å². The minimum Gasteiger partial charge on any atom is -0.497 e. The summed E-state index contributed by atoms with van der Waals surface area (Å²) in [5.41, 5.74) is 0.642. The van der Waals surface area contributed by atoms with Crippen molar-refractivity contribution in [3.8, 4) is 5.75 Å². The molecule has 0 N–H and O–H groups in total. The van der Waals surface area contributed by atoms with Crippen LogP contribution in [-0.2, 0) is 28.9 Å². The molecule has 1 aliphatic carbocycles. The van der Waals surface area contributed by atoms with E-state index in [1.807, 2.05) is 29.2 Å². The highest BCUT2D eigenvalue weighted by atomic mass is 19.4. The van der Waals surface area contributed by atoms with Crippen LogP contribution in [0.2, 0.25) is 0 Å². The number of carbonyl (C=O) groups excluding carboxylic acids is 2. The average Bonchev–Trinajstić information content (AvgIpc) is 3.55. The number of halogens is 3. The summed E-state index contributed by atoms with van der Waals surface area (Å²) < 4.78 is 44.1. The van der Waals surface area contributed by atoms with E-state index in [1.165, 1.54) is 11.0 Å². The van der Waals surface area contributed by atoms with Crippen molar-refractivity contribution in [1.82, 2.24) is 9.80 Å². The maximum absolute atomic E-state index is 13.3. The van der Waals surface area contributed by atoms with Crippen LogP contribution in [-0.4, -0.2) is 41.3 Å².